The van der Waals surface area contributed by atoms with E-state index in [2.05, 4.69) is 15.1 Å². The van der Waals surface area contributed by atoms with Gasteiger partial charge in [0.05, 0.1) is 20.3 Å². The van der Waals surface area contributed by atoms with Crippen LogP contribution in [0.5, 0.6) is 11.8 Å². The fraction of sp³-hybridized carbons (Fsp3) is 0.545. The van der Waals surface area contributed by atoms with E-state index >= 15 is 0 Å². The van der Waals surface area contributed by atoms with E-state index in [-0.39, 0.29) is 5.41 Å². The zero-order valence-corrected chi connectivity index (χ0v) is 10.7. The molecule has 0 aliphatic heterocycles. The van der Waals surface area contributed by atoms with Crippen molar-refractivity contribution in [1.82, 2.24) is 19.6 Å². The van der Waals surface area contributed by atoms with Crippen molar-refractivity contribution in [2.75, 3.05) is 14.2 Å². The Morgan fingerprint density at radius 1 is 1.12 bits per heavy atom. The molecule has 0 spiro atoms. The van der Waals surface area contributed by atoms with Crippen LogP contribution in [0.15, 0.2) is 6.07 Å². The zero-order chi connectivity index (χ0) is 12.6. The molecule has 0 aromatic carbocycles. The minimum Gasteiger partial charge on any atom is -0.481 e. The second kappa shape index (κ2) is 3.87. The van der Waals surface area contributed by atoms with Gasteiger partial charge in [-0.05, 0) is 0 Å². The van der Waals surface area contributed by atoms with Crippen molar-refractivity contribution >= 4 is 5.78 Å². The second-order valence-electron chi connectivity index (χ2n) is 4.74. The SMILES string of the molecule is COc1cc(OC)n2nc(C(C)(C)C)nc2n1. The van der Waals surface area contributed by atoms with Crippen LogP contribution in [0.3, 0.4) is 0 Å². The summed E-state index contributed by atoms with van der Waals surface area (Å²) in [7, 11) is 3.13. The van der Waals surface area contributed by atoms with Gasteiger partial charge < -0.3 is 9.47 Å². The van der Waals surface area contributed by atoms with Gasteiger partial charge in [-0.2, -0.15) is 14.5 Å². The van der Waals surface area contributed by atoms with Crippen molar-refractivity contribution < 1.29 is 9.47 Å². The van der Waals surface area contributed by atoms with Crippen LogP contribution in [0, 0.1) is 0 Å². The molecule has 2 aromatic heterocycles. The first-order valence-corrected chi connectivity index (χ1v) is 5.32. The normalized spacial score (nSPS) is 11.8. The van der Waals surface area contributed by atoms with Gasteiger partial charge in [-0.15, -0.1) is 5.10 Å². The lowest BCUT2D eigenvalue weighted by Gasteiger charge is -2.11. The van der Waals surface area contributed by atoms with Crippen molar-refractivity contribution in [2.24, 2.45) is 0 Å². The molecule has 0 amide bonds. The predicted octanol–water partition coefficient (Wildman–Crippen LogP) is 1.44. The van der Waals surface area contributed by atoms with Crippen LogP contribution in [0.4, 0.5) is 0 Å². The van der Waals surface area contributed by atoms with Gasteiger partial charge in [-0.25, -0.2) is 0 Å². The summed E-state index contributed by atoms with van der Waals surface area (Å²) in [5.74, 6) is 2.21. The first-order chi connectivity index (χ1) is 7.95. The van der Waals surface area contributed by atoms with Gasteiger partial charge >= 0.3 is 0 Å². The summed E-state index contributed by atoms with van der Waals surface area (Å²) in [6.07, 6.45) is 0. The highest BCUT2D eigenvalue weighted by Crippen LogP contribution is 2.23. The third-order valence-electron chi connectivity index (χ3n) is 2.35. The summed E-state index contributed by atoms with van der Waals surface area (Å²) < 4.78 is 11.9. The van der Waals surface area contributed by atoms with Crippen molar-refractivity contribution in [3.8, 4) is 11.8 Å². The topological polar surface area (TPSA) is 61.5 Å². The standard InChI is InChI=1S/C11H16N4O2/c1-11(2,3)9-13-10-12-7(16-4)6-8(17-5)15(10)14-9/h6H,1-5H3. The van der Waals surface area contributed by atoms with Crippen LogP contribution in [-0.4, -0.2) is 33.8 Å². The van der Waals surface area contributed by atoms with Gasteiger partial charge in [0.25, 0.3) is 5.78 Å². The molecule has 0 radical (unpaired) electrons. The largest absolute Gasteiger partial charge is 0.481 e. The van der Waals surface area contributed by atoms with E-state index in [1.54, 1.807) is 24.8 Å². The maximum Gasteiger partial charge on any atom is 0.259 e. The Kier molecular flexibility index (Phi) is 2.65. The van der Waals surface area contributed by atoms with E-state index in [1.165, 1.54) is 0 Å². The quantitative estimate of drug-likeness (QED) is 0.789. The minimum atomic E-state index is -0.133. The summed E-state index contributed by atoms with van der Waals surface area (Å²) in [6, 6.07) is 1.67. The Morgan fingerprint density at radius 3 is 2.35 bits per heavy atom. The lowest BCUT2D eigenvalue weighted by molar-refractivity contribution is 0.364. The highest BCUT2D eigenvalue weighted by molar-refractivity contribution is 5.37. The van der Waals surface area contributed by atoms with E-state index < -0.39 is 0 Å². The maximum absolute atomic E-state index is 5.24. The zero-order valence-electron chi connectivity index (χ0n) is 10.7. The maximum atomic E-state index is 5.24. The molecule has 0 atom stereocenters. The van der Waals surface area contributed by atoms with Gasteiger partial charge in [-0.3, -0.25) is 0 Å². The number of fused-ring (bicyclic) bond motifs is 1. The second-order valence-corrected chi connectivity index (χ2v) is 4.74. The van der Waals surface area contributed by atoms with E-state index in [0.29, 0.717) is 17.5 Å². The van der Waals surface area contributed by atoms with Gasteiger partial charge in [0, 0.05) is 5.41 Å². The van der Waals surface area contributed by atoms with Crippen molar-refractivity contribution in [2.45, 2.75) is 26.2 Å². The lowest BCUT2D eigenvalue weighted by Crippen LogP contribution is -2.13. The summed E-state index contributed by atoms with van der Waals surface area (Å²) in [5.41, 5.74) is -0.133. The number of methoxy groups -OCH3 is 2. The summed E-state index contributed by atoms with van der Waals surface area (Å²) in [5, 5.41) is 4.39. The molecule has 17 heavy (non-hydrogen) atoms. The van der Waals surface area contributed by atoms with Crippen LogP contribution in [0.2, 0.25) is 0 Å². The molecular formula is C11H16N4O2. The van der Waals surface area contributed by atoms with Crippen LogP contribution in [0.1, 0.15) is 26.6 Å². The predicted molar refractivity (Wildman–Crippen MR) is 62.6 cm³/mol. The van der Waals surface area contributed by atoms with Crippen molar-refractivity contribution in [3.05, 3.63) is 11.9 Å². The highest BCUT2D eigenvalue weighted by Gasteiger charge is 2.21. The van der Waals surface area contributed by atoms with Crippen molar-refractivity contribution in [1.29, 1.82) is 0 Å². The number of hydrogen-bond acceptors (Lipinski definition) is 5. The minimum absolute atomic E-state index is 0.133. The number of nitrogens with zero attached hydrogens (tertiary/aromatic N) is 4. The van der Waals surface area contributed by atoms with E-state index in [4.69, 9.17) is 9.47 Å². The van der Waals surface area contributed by atoms with Gasteiger partial charge in [0.1, 0.15) is 0 Å². The van der Waals surface area contributed by atoms with Crippen LogP contribution >= 0.6 is 0 Å². The molecule has 92 valence electrons. The van der Waals surface area contributed by atoms with E-state index in [1.807, 2.05) is 20.8 Å². The summed E-state index contributed by atoms with van der Waals surface area (Å²) >= 11 is 0. The molecule has 0 bridgehead atoms. The monoisotopic (exact) mass is 236 g/mol. The first kappa shape index (κ1) is 11.6. The molecule has 6 heteroatoms. The third kappa shape index (κ3) is 2.02. The van der Waals surface area contributed by atoms with Crippen molar-refractivity contribution in [3.63, 3.8) is 0 Å². The average Bonchev–Trinajstić information content (AvgIpc) is 2.70. The lowest BCUT2D eigenvalue weighted by atomic mass is 9.96. The average molecular weight is 236 g/mol. The molecule has 0 saturated heterocycles. The highest BCUT2D eigenvalue weighted by atomic mass is 16.5. The number of rotatable bonds is 2. The molecule has 0 fully saturated rings. The van der Waals surface area contributed by atoms with E-state index in [9.17, 15) is 0 Å². The Bertz CT molecular complexity index is 542. The molecule has 2 rings (SSSR count). The molecular weight excluding hydrogens is 220 g/mol. The summed E-state index contributed by atoms with van der Waals surface area (Å²) in [4.78, 5) is 8.61. The molecule has 2 aromatic rings. The van der Waals surface area contributed by atoms with Crippen LogP contribution in [-0.2, 0) is 5.41 Å². The molecule has 6 nitrogen and oxygen atoms in total. The van der Waals surface area contributed by atoms with Gasteiger partial charge in [0.2, 0.25) is 11.8 Å². The third-order valence-corrected chi connectivity index (χ3v) is 2.35. The first-order valence-electron chi connectivity index (χ1n) is 5.32. The number of ether oxygens (including phenoxy) is 2. The fourth-order valence-electron chi connectivity index (χ4n) is 1.39. The van der Waals surface area contributed by atoms with Crippen LogP contribution in [0.25, 0.3) is 5.78 Å². The van der Waals surface area contributed by atoms with Gasteiger partial charge in [-0.1, -0.05) is 20.8 Å². The molecule has 0 unspecified atom stereocenters. The number of aromatic nitrogens is 4. The number of hydrogen-bond donors (Lipinski definition) is 0. The van der Waals surface area contributed by atoms with E-state index in [0.717, 1.165) is 5.82 Å². The van der Waals surface area contributed by atoms with Gasteiger partial charge in [0.15, 0.2) is 5.82 Å². The molecule has 0 saturated carbocycles. The van der Waals surface area contributed by atoms with Crippen LogP contribution < -0.4 is 9.47 Å². The molecule has 2 heterocycles. The molecule has 0 N–H and O–H groups in total. The Morgan fingerprint density at radius 2 is 1.82 bits per heavy atom. The Hall–Kier alpha value is -1.85. The molecule has 0 aliphatic rings. The molecule has 0 aliphatic carbocycles. The Balaban J connectivity index is 2.67. The smallest absolute Gasteiger partial charge is 0.259 e. The Labute approximate surface area is 99.6 Å². The summed E-state index contributed by atoms with van der Waals surface area (Å²) in [6.45, 7) is 6.14. The fourth-order valence-corrected chi connectivity index (χ4v) is 1.39.